The molecule has 9 heteroatoms. The van der Waals surface area contributed by atoms with Gasteiger partial charge in [-0.2, -0.15) is 9.78 Å². The number of aryl methyl sites for hydroxylation is 1. The molecule has 156 valence electrons. The molecule has 0 spiro atoms. The van der Waals surface area contributed by atoms with E-state index in [2.05, 4.69) is 10.4 Å². The van der Waals surface area contributed by atoms with Gasteiger partial charge < -0.3 is 10.1 Å². The van der Waals surface area contributed by atoms with Crippen LogP contribution in [0.15, 0.2) is 58.1 Å². The summed E-state index contributed by atoms with van der Waals surface area (Å²) in [4.78, 5) is 38.6. The maximum absolute atomic E-state index is 13.1. The van der Waals surface area contributed by atoms with E-state index in [-0.39, 0.29) is 19.7 Å². The Bertz CT molecular complexity index is 1170. The van der Waals surface area contributed by atoms with E-state index in [0.717, 1.165) is 14.8 Å². The second-order valence-corrected chi connectivity index (χ2v) is 7.02. The zero-order valence-corrected chi connectivity index (χ0v) is 17.3. The van der Waals surface area contributed by atoms with Crippen LogP contribution in [0.2, 0.25) is 5.02 Å². The number of aromatic nitrogens is 3. The van der Waals surface area contributed by atoms with Crippen molar-refractivity contribution in [3.8, 4) is 5.69 Å². The molecule has 0 bridgehead atoms. The third-order valence-electron chi connectivity index (χ3n) is 4.43. The molecule has 3 rings (SSSR count). The summed E-state index contributed by atoms with van der Waals surface area (Å²) in [7, 11) is 1.50. The smallest absolute Gasteiger partial charge is 0.352 e. The Morgan fingerprint density at radius 2 is 1.83 bits per heavy atom. The highest BCUT2D eigenvalue weighted by Crippen LogP contribution is 2.15. The van der Waals surface area contributed by atoms with Crippen molar-refractivity contribution < 1.29 is 9.53 Å². The molecule has 1 aromatic heterocycles. The van der Waals surface area contributed by atoms with Crippen LogP contribution in [-0.2, 0) is 11.3 Å². The van der Waals surface area contributed by atoms with Gasteiger partial charge in [-0.05, 0) is 30.7 Å². The predicted octanol–water partition coefficient (Wildman–Crippen LogP) is 1.78. The van der Waals surface area contributed by atoms with Gasteiger partial charge in [-0.3, -0.25) is 14.2 Å². The van der Waals surface area contributed by atoms with Gasteiger partial charge >= 0.3 is 5.69 Å². The molecule has 8 nitrogen and oxygen atoms in total. The Morgan fingerprint density at radius 1 is 1.13 bits per heavy atom. The van der Waals surface area contributed by atoms with Crippen molar-refractivity contribution in [2.24, 2.45) is 0 Å². The number of methoxy groups -OCH3 is 1. The molecule has 1 heterocycles. The number of rotatable bonds is 7. The quantitative estimate of drug-likeness (QED) is 0.579. The van der Waals surface area contributed by atoms with Crippen LogP contribution in [0, 0.1) is 6.92 Å². The second-order valence-electron chi connectivity index (χ2n) is 6.61. The van der Waals surface area contributed by atoms with E-state index in [1.54, 1.807) is 36.4 Å². The maximum atomic E-state index is 13.1. The van der Waals surface area contributed by atoms with Gasteiger partial charge in [-0.1, -0.05) is 47.5 Å². The Hall–Kier alpha value is -3.23. The van der Waals surface area contributed by atoms with Gasteiger partial charge in [0.1, 0.15) is 0 Å². The van der Waals surface area contributed by atoms with Crippen LogP contribution < -0.4 is 16.6 Å². The normalized spacial score (nSPS) is 10.8. The number of benzene rings is 2. The van der Waals surface area contributed by atoms with E-state index in [4.69, 9.17) is 16.3 Å². The highest BCUT2D eigenvalue weighted by Gasteiger charge is 2.20. The van der Waals surface area contributed by atoms with Gasteiger partial charge in [-0.15, -0.1) is 0 Å². The fourth-order valence-corrected chi connectivity index (χ4v) is 2.99. The summed E-state index contributed by atoms with van der Waals surface area (Å²) < 4.78 is 6.91. The zero-order valence-electron chi connectivity index (χ0n) is 16.6. The minimum absolute atomic E-state index is 0.0932. The number of hydrogen-bond donors (Lipinski definition) is 1. The van der Waals surface area contributed by atoms with Crippen LogP contribution in [-0.4, -0.2) is 40.5 Å². The minimum atomic E-state index is -0.793. The van der Waals surface area contributed by atoms with E-state index in [9.17, 15) is 14.4 Å². The average molecular weight is 429 g/mol. The van der Waals surface area contributed by atoms with Crippen molar-refractivity contribution in [1.29, 1.82) is 0 Å². The molecule has 0 unspecified atom stereocenters. The third-order valence-corrected chi connectivity index (χ3v) is 4.80. The molecule has 0 aliphatic heterocycles. The van der Waals surface area contributed by atoms with Crippen LogP contribution in [0.1, 0.15) is 21.6 Å². The summed E-state index contributed by atoms with van der Waals surface area (Å²) in [5, 5.41) is 7.04. The number of carbonyl (C=O) groups is 1. The number of nitrogens with zero attached hydrogens (tertiary/aromatic N) is 3. The number of halogens is 1. The molecule has 2 aromatic carbocycles. The molecule has 0 saturated carbocycles. The van der Waals surface area contributed by atoms with Crippen LogP contribution in [0.5, 0.6) is 0 Å². The first kappa shape index (κ1) is 21.5. The first-order chi connectivity index (χ1) is 14.4. The first-order valence-corrected chi connectivity index (χ1v) is 9.62. The number of amides is 1. The molecule has 0 radical (unpaired) electrons. The van der Waals surface area contributed by atoms with Gasteiger partial charge in [0, 0.05) is 18.7 Å². The van der Waals surface area contributed by atoms with Crippen molar-refractivity contribution in [3.05, 3.63) is 91.2 Å². The van der Waals surface area contributed by atoms with Crippen molar-refractivity contribution >= 4 is 17.5 Å². The summed E-state index contributed by atoms with van der Waals surface area (Å²) in [5.74, 6) is -0.689. The van der Waals surface area contributed by atoms with Crippen molar-refractivity contribution in [3.63, 3.8) is 0 Å². The molecule has 1 amide bonds. The fourth-order valence-electron chi connectivity index (χ4n) is 2.80. The van der Waals surface area contributed by atoms with E-state index in [0.29, 0.717) is 16.3 Å². The van der Waals surface area contributed by atoms with Gasteiger partial charge in [0.05, 0.1) is 18.8 Å². The number of nitrogens with one attached hydrogen (secondary N) is 1. The van der Waals surface area contributed by atoms with Crippen LogP contribution >= 0.6 is 11.6 Å². The summed E-state index contributed by atoms with van der Waals surface area (Å²) in [5.41, 5.74) is 0.151. The van der Waals surface area contributed by atoms with Crippen molar-refractivity contribution in [2.45, 2.75) is 13.5 Å². The Labute approximate surface area is 177 Å². The highest BCUT2D eigenvalue weighted by molar-refractivity contribution is 6.31. The second kappa shape index (κ2) is 9.51. The lowest BCUT2D eigenvalue weighted by atomic mass is 10.2. The third kappa shape index (κ3) is 4.67. The SMILES string of the molecule is COCCNC(=O)c1nn(-c2ccc(C)cc2)c(=O)n(Cc2ccccc2Cl)c1=O. The molecule has 0 aliphatic rings. The zero-order chi connectivity index (χ0) is 21.7. The molecule has 30 heavy (non-hydrogen) atoms. The number of carbonyl (C=O) groups excluding carboxylic acids is 1. The molecule has 0 atom stereocenters. The molecule has 0 fully saturated rings. The topological polar surface area (TPSA) is 95.2 Å². The summed E-state index contributed by atoms with van der Waals surface area (Å²) in [6.45, 7) is 2.29. The largest absolute Gasteiger partial charge is 0.383 e. The highest BCUT2D eigenvalue weighted by atomic mass is 35.5. The average Bonchev–Trinajstić information content (AvgIpc) is 2.73. The van der Waals surface area contributed by atoms with E-state index < -0.39 is 22.9 Å². The molecule has 0 saturated heterocycles. The molecular formula is C21H21ClN4O4. The fraction of sp³-hybridized carbons (Fsp3) is 0.238. The van der Waals surface area contributed by atoms with Crippen LogP contribution in [0.25, 0.3) is 5.69 Å². The van der Waals surface area contributed by atoms with E-state index in [1.165, 1.54) is 7.11 Å². The van der Waals surface area contributed by atoms with Gasteiger partial charge in [0.2, 0.25) is 5.69 Å². The lowest BCUT2D eigenvalue weighted by Crippen LogP contribution is -2.46. The monoisotopic (exact) mass is 428 g/mol. The van der Waals surface area contributed by atoms with Crippen LogP contribution in [0.3, 0.4) is 0 Å². The lowest BCUT2D eigenvalue weighted by Gasteiger charge is -2.13. The molecule has 1 N–H and O–H groups in total. The summed E-state index contributed by atoms with van der Waals surface area (Å²) >= 11 is 6.21. The molecular weight excluding hydrogens is 408 g/mol. The predicted molar refractivity (Wildman–Crippen MR) is 114 cm³/mol. The van der Waals surface area contributed by atoms with Gasteiger partial charge in [0.25, 0.3) is 11.5 Å². The number of ether oxygens (including phenoxy) is 1. The van der Waals surface area contributed by atoms with Crippen molar-refractivity contribution in [1.82, 2.24) is 19.7 Å². The molecule has 0 aliphatic carbocycles. The van der Waals surface area contributed by atoms with Gasteiger partial charge in [0.15, 0.2) is 0 Å². The van der Waals surface area contributed by atoms with E-state index in [1.807, 2.05) is 19.1 Å². The lowest BCUT2D eigenvalue weighted by molar-refractivity contribution is 0.0927. The van der Waals surface area contributed by atoms with E-state index >= 15 is 0 Å². The first-order valence-electron chi connectivity index (χ1n) is 9.24. The van der Waals surface area contributed by atoms with Crippen LogP contribution in [0.4, 0.5) is 0 Å². The van der Waals surface area contributed by atoms with Crippen molar-refractivity contribution in [2.75, 3.05) is 20.3 Å². The Kier molecular flexibility index (Phi) is 6.81. The standard InChI is InChI=1S/C21H21ClN4O4/c1-14-7-9-16(10-8-14)26-21(29)25(13-15-5-3-4-6-17(15)22)20(28)18(24-26)19(27)23-11-12-30-2/h3-10H,11-13H2,1-2H3,(H,23,27). The Balaban J connectivity index is 2.15. The van der Waals surface area contributed by atoms with Gasteiger partial charge in [-0.25, -0.2) is 4.79 Å². The summed E-state index contributed by atoms with van der Waals surface area (Å²) in [6.07, 6.45) is 0. The summed E-state index contributed by atoms with van der Waals surface area (Å²) in [6, 6.07) is 13.9. The maximum Gasteiger partial charge on any atom is 0.352 e. The minimum Gasteiger partial charge on any atom is -0.383 e. The Morgan fingerprint density at radius 3 is 2.50 bits per heavy atom. The molecule has 3 aromatic rings. The number of hydrogen-bond acceptors (Lipinski definition) is 5.